The van der Waals surface area contributed by atoms with E-state index < -0.39 is 0 Å². The van der Waals surface area contributed by atoms with Crippen molar-refractivity contribution in [3.05, 3.63) is 53.6 Å². The molecule has 0 saturated heterocycles. The molecular weight excluding hydrogens is 234 g/mol. The highest BCUT2D eigenvalue weighted by Crippen LogP contribution is 2.18. The first-order valence-corrected chi connectivity index (χ1v) is 6.93. The van der Waals surface area contributed by atoms with E-state index in [2.05, 4.69) is 53.8 Å². The van der Waals surface area contributed by atoms with Gasteiger partial charge in [0.2, 0.25) is 0 Å². The smallest absolute Gasteiger partial charge is 0.0945 e. The van der Waals surface area contributed by atoms with Gasteiger partial charge in [0.05, 0.1) is 6.33 Å². The first-order chi connectivity index (χ1) is 9.16. The average Bonchev–Trinajstić information content (AvgIpc) is 2.90. The number of imidazole rings is 1. The third-order valence-electron chi connectivity index (χ3n) is 3.50. The maximum atomic E-state index is 4.05. The van der Waals surface area contributed by atoms with E-state index in [1.54, 1.807) is 0 Å². The Kier molecular flexibility index (Phi) is 4.74. The van der Waals surface area contributed by atoms with Crippen LogP contribution in [-0.4, -0.2) is 16.1 Å². The Bertz CT molecular complexity index is 503. The van der Waals surface area contributed by atoms with Crippen LogP contribution in [0.1, 0.15) is 36.1 Å². The first-order valence-electron chi connectivity index (χ1n) is 6.93. The maximum Gasteiger partial charge on any atom is 0.0945 e. The monoisotopic (exact) mass is 257 g/mol. The zero-order chi connectivity index (χ0) is 13.7. The lowest BCUT2D eigenvalue weighted by Crippen LogP contribution is -2.21. The Morgan fingerprint density at radius 3 is 2.89 bits per heavy atom. The van der Waals surface area contributed by atoms with Crippen LogP contribution in [0.15, 0.2) is 36.9 Å². The van der Waals surface area contributed by atoms with Crippen molar-refractivity contribution in [2.75, 3.05) is 6.54 Å². The number of nitrogens with one attached hydrogen (secondary N) is 1. The van der Waals surface area contributed by atoms with Crippen LogP contribution in [0.5, 0.6) is 0 Å². The number of hydrogen-bond acceptors (Lipinski definition) is 2. The molecule has 3 heteroatoms. The van der Waals surface area contributed by atoms with E-state index in [0.29, 0.717) is 6.04 Å². The van der Waals surface area contributed by atoms with Gasteiger partial charge in [0.15, 0.2) is 0 Å². The first kappa shape index (κ1) is 13.8. The molecule has 1 N–H and O–H groups in total. The summed E-state index contributed by atoms with van der Waals surface area (Å²) in [7, 11) is 0. The summed E-state index contributed by atoms with van der Waals surface area (Å²) in [5.41, 5.74) is 4.09. The summed E-state index contributed by atoms with van der Waals surface area (Å²) in [6.45, 7) is 8.60. The van der Waals surface area contributed by atoms with Gasteiger partial charge in [0.1, 0.15) is 0 Å². The second-order valence-electron chi connectivity index (χ2n) is 5.19. The lowest BCUT2D eigenvalue weighted by atomic mass is 10.00. The molecule has 0 bridgehead atoms. The fourth-order valence-corrected chi connectivity index (χ4v) is 2.34. The van der Waals surface area contributed by atoms with Gasteiger partial charge in [-0.05, 0) is 44.9 Å². The Morgan fingerprint density at radius 1 is 1.32 bits per heavy atom. The number of rotatable bonds is 6. The third-order valence-corrected chi connectivity index (χ3v) is 3.50. The molecule has 102 valence electrons. The molecule has 0 fully saturated rings. The van der Waals surface area contributed by atoms with Crippen LogP contribution in [-0.2, 0) is 6.54 Å². The van der Waals surface area contributed by atoms with E-state index >= 15 is 0 Å². The van der Waals surface area contributed by atoms with E-state index in [1.165, 1.54) is 16.7 Å². The molecule has 1 aromatic heterocycles. The van der Waals surface area contributed by atoms with Gasteiger partial charge in [-0.3, -0.25) is 0 Å². The summed E-state index contributed by atoms with van der Waals surface area (Å²) in [6, 6.07) is 7.06. The molecule has 1 atom stereocenters. The van der Waals surface area contributed by atoms with Crippen LogP contribution in [0.4, 0.5) is 0 Å². The predicted molar refractivity (Wildman–Crippen MR) is 79.2 cm³/mol. The van der Waals surface area contributed by atoms with Crippen LogP contribution in [0.3, 0.4) is 0 Å². The fourth-order valence-electron chi connectivity index (χ4n) is 2.34. The average molecular weight is 257 g/mol. The van der Waals surface area contributed by atoms with Crippen molar-refractivity contribution in [3.8, 4) is 0 Å². The predicted octanol–water partition coefficient (Wildman–Crippen LogP) is 3.24. The molecule has 2 rings (SSSR count). The number of hydrogen-bond donors (Lipinski definition) is 1. The van der Waals surface area contributed by atoms with Crippen molar-refractivity contribution < 1.29 is 0 Å². The molecule has 1 heterocycles. The molecule has 0 aliphatic rings. The molecule has 0 radical (unpaired) electrons. The van der Waals surface area contributed by atoms with Gasteiger partial charge >= 0.3 is 0 Å². The summed E-state index contributed by atoms with van der Waals surface area (Å²) in [4.78, 5) is 4.05. The van der Waals surface area contributed by atoms with Gasteiger partial charge in [-0.15, -0.1) is 0 Å². The van der Waals surface area contributed by atoms with Crippen molar-refractivity contribution >= 4 is 0 Å². The normalized spacial score (nSPS) is 12.6. The standard InChI is InChI=1S/C16H23N3/c1-13-5-6-14(2)16(11-13)15(3)18-7-4-9-19-10-8-17-12-19/h5-6,8,10-12,15,18H,4,7,9H2,1-3H3. The van der Waals surface area contributed by atoms with Gasteiger partial charge in [0, 0.05) is 25.0 Å². The third kappa shape index (κ3) is 3.93. The Hall–Kier alpha value is -1.61. The van der Waals surface area contributed by atoms with Gasteiger partial charge in [-0.1, -0.05) is 23.8 Å². The topological polar surface area (TPSA) is 29.9 Å². The Labute approximate surface area is 115 Å². The van der Waals surface area contributed by atoms with Crippen molar-refractivity contribution in [2.45, 2.75) is 39.8 Å². The summed E-state index contributed by atoms with van der Waals surface area (Å²) >= 11 is 0. The van der Waals surface area contributed by atoms with Crippen LogP contribution < -0.4 is 5.32 Å². The molecule has 0 amide bonds. The minimum absolute atomic E-state index is 0.405. The van der Waals surface area contributed by atoms with Gasteiger partial charge < -0.3 is 9.88 Å². The molecular formula is C16H23N3. The zero-order valence-corrected chi connectivity index (χ0v) is 12.1. The number of benzene rings is 1. The highest BCUT2D eigenvalue weighted by atomic mass is 15.0. The number of nitrogens with zero attached hydrogens (tertiary/aromatic N) is 2. The van der Waals surface area contributed by atoms with Gasteiger partial charge in [-0.2, -0.15) is 0 Å². The highest BCUT2D eigenvalue weighted by Gasteiger charge is 2.07. The van der Waals surface area contributed by atoms with Crippen LogP contribution in [0.25, 0.3) is 0 Å². The second kappa shape index (κ2) is 6.53. The van der Waals surface area contributed by atoms with Crippen LogP contribution in [0.2, 0.25) is 0 Å². The molecule has 1 aromatic carbocycles. The Morgan fingerprint density at radius 2 is 2.16 bits per heavy atom. The lowest BCUT2D eigenvalue weighted by Gasteiger charge is -2.17. The summed E-state index contributed by atoms with van der Waals surface area (Å²) in [5.74, 6) is 0. The van der Waals surface area contributed by atoms with Gasteiger partial charge in [0.25, 0.3) is 0 Å². The molecule has 0 spiro atoms. The lowest BCUT2D eigenvalue weighted by molar-refractivity contribution is 0.525. The summed E-state index contributed by atoms with van der Waals surface area (Å²) in [6.07, 6.45) is 6.82. The minimum atomic E-state index is 0.405. The molecule has 2 aromatic rings. The molecule has 3 nitrogen and oxygen atoms in total. The number of aryl methyl sites for hydroxylation is 3. The fraction of sp³-hybridized carbons (Fsp3) is 0.438. The van der Waals surface area contributed by atoms with Crippen molar-refractivity contribution in [2.24, 2.45) is 0 Å². The largest absolute Gasteiger partial charge is 0.337 e. The van der Waals surface area contributed by atoms with Crippen LogP contribution in [0, 0.1) is 13.8 Å². The second-order valence-corrected chi connectivity index (χ2v) is 5.19. The molecule has 19 heavy (non-hydrogen) atoms. The Balaban J connectivity index is 1.80. The molecule has 0 saturated carbocycles. The van der Waals surface area contributed by atoms with Crippen molar-refractivity contribution in [1.29, 1.82) is 0 Å². The van der Waals surface area contributed by atoms with Crippen molar-refractivity contribution in [1.82, 2.24) is 14.9 Å². The van der Waals surface area contributed by atoms with Gasteiger partial charge in [-0.25, -0.2) is 4.98 Å². The van der Waals surface area contributed by atoms with E-state index in [4.69, 9.17) is 0 Å². The van der Waals surface area contributed by atoms with Crippen molar-refractivity contribution in [3.63, 3.8) is 0 Å². The quantitative estimate of drug-likeness (QED) is 0.805. The van der Waals surface area contributed by atoms with E-state index in [9.17, 15) is 0 Å². The van der Waals surface area contributed by atoms with Crippen LogP contribution >= 0.6 is 0 Å². The van der Waals surface area contributed by atoms with E-state index in [0.717, 1.165) is 19.5 Å². The zero-order valence-electron chi connectivity index (χ0n) is 12.1. The van der Waals surface area contributed by atoms with E-state index in [-0.39, 0.29) is 0 Å². The number of aromatic nitrogens is 2. The summed E-state index contributed by atoms with van der Waals surface area (Å²) < 4.78 is 2.12. The molecule has 1 unspecified atom stereocenters. The minimum Gasteiger partial charge on any atom is -0.337 e. The highest BCUT2D eigenvalue weighted by molar-refractivity contribution is 5.32. The SMILES string of the molecule is Cc1ccc(C)c(C(C)NCCCn2ccnc2)c1. The maximum absolute atomic E-state index is 4.05. The molecule has 0 aliphatic heterocycles. The molecule has 0 aliphatic carbocycles. The van der Waals surface area contributed by atoms with E-state index in [1.807, 2.05) is 18.7 Å². The summed E-state index contributed by atoms with van der Waals surface area (Å²) in [5, 5.41) is 3.60.